The summed E-state index contributed by atoms with van der Waals surface area (Å²) in [4.78, 5) is 16.5. The smallest absolute Gasteiger partial charge is 0.229 e. The number of ether oxygens (including phenoxy) is 1. The van der Waals surface area contributed by atoms with Crippen LogP contribution >= 0.6 is 18.7 Å². The first-order valence-electron chi connectivity index (χ1n) is 14.6. The van der Waals surface area contributed by atoms with Crippen molar-refractivity contribution < 1.29 is 9.30 Å². The molecule has 226 valence electrons. The van der Waals surface area contributed by atoms with Crippen LogP contribution in [-0.2, 0) is 4.57 Å². The lowest BCUT2D eigenvalue weighted by Crippen LogP contribution is -2.53. The van der Waals surface area contributed by atoms with E-state index < -0.39 is 7.14 Å². The van der Waals surface area contributed by atoms with E-state index in [1.165, 1.54) is 0 Å². The summed E-state index contributed by atoms with van der Waals surface area (Å²) < 4.78 is 18.6. The maximum Gasteiger partial charge on any atom is 0.229 e. The SMILES string of the molecule is COc1cc(N2CCC(N3CCN(CCN)CC3)CC2)ccc1Nc1ncc(Cl)c(Nc2ccccc2P(C)(C)=O)n1. The largest absolute Gasteiger partial charge is 0.494 e. The maximum absolute atomic E-state index is 12.8. The molecular weight excluding hydrogens is 571 g/mol. The van der Waals surface area contributed by atoms with Gasteiger partial charge in [-0.1, -0.05) is 23.7 Å². The summed E-state index contributed by atoms with van der Waals surface area (Å²) in [7, 11) is -0.843. The highest BCUT2D eigenvalue weighted by Crippen LogP contribution is 2.39. The van der Waals surface area contributed by atoms with Crippen molar-refractivity contribution in [3.05, 3.63) is 53.7 Å². The van der Waals surface area contributed by atoms with Gasteiger partial charge in [-0.25, -0.2) is 4.98 Å². The summed E-state index contributed by atoms with van der Waals surface area (Å²) in [6.07, 6.45) is 3.85. The number of benzene rings is 2. The Morgan fingerprint density at radius 2 is 1.76 bits per heavy atom. The van der Waals surface area contributed by atoms with E-state index in [9.17, 15) is 4.57 Å². The summed E-state index contributed by atoms with van der Waals surface area (Å²) in [5, 5.41) is 7.62. The number of piperidine rings is 1. The topological polar surface area (TPSA) is 112 Å². The Hall–Kier alpha value is -2.88. The molecule has 12 heteroatoms. The van der Waals surface area contributed by atoms with Crippen LogP contribution in [-0.4, -0.2) is 98.6 Å². The van der Waals surface area contributed by atoms with Gasteiger partial charge in [0.2, 0.25) is 5.95 Å². The molecule has 5 rings (SSSR count). The fourth-order valence-electron chi connectivity index (χ4n) is 5.82. The Morgan fingerprint density at radius 1 is 1.02 bits per heavy atom. The number of nitrogens with zero attached hydrogens (tertiary/aromatic N) is 5. The summed E-state index contributed by atoms with van der Waals surface area (Å²) in [6, 6.07) is 14.3. The van der Waals surface area contributed by atoms with Crippen molar-refractivity contribution in [3.63, 3.8) is 0 Å². The second kappa shape index (κ2) is 13.6. The van der Waals surface area contributed by atoms with Crippen molar-refractivity contribution in [1.82, 2.24) is 19.8 Å². The average molecular weight is 613 g/mol. The third-order valence-electron chi connectivity index (χ3n) is 8.11. The van der Waals surface area contributed by atoms with Gasteiger partial charge in [-0.15, -0.1) is 0 Å². The fourth-order valence-corrected chi connectivity index (χ4v) is 7.11. The van der Waals surface area contributed by atoms with Gasteiger partial charge in [0.05, 0.1) is 24.7 Å². The third kappa shape index (κ3) is 7.36. The predicted molar refractivity (Wildman–Crippen MR) is 174 cm³/mol. The highest BCUT2D eigenvalue weighted by Gasteiger charge is 2.28. The van der Waals surface area contributed by atoms with Gasteiger partial charge >= 0.3 is 0 Å². The lowest BCUT2D eigenvalue weighted by Gasteiger charge is -2.43. The first kappa shape index (κ1) is 30.6. The summed E-state index contributed by atoms with van der Waals surface area (Å²) in [6.45, 7) is 11.7. The fraction of sp³-hybridized carbons (Fsp3) is 0.467. The second-order valence-corrected chi connectivity index (χ2v) is 14.9. The van der Waals surface area contributed by atoms with E-state index in [-0.39, 0.29) is 0 Å². The van der Waals surface area contributed by atoms with Crippen LogP contribution in [0.15, 0.2) is 48.7 Å². The Bertz CT molecular complexity index is 1400. The number of hydrogen-bond acceptors (Lipinski definition) is 10. The molecule has 3 aromatic rings. The molecule has 2 aromatic carbocycles. The van der Waals surface area contributed by atoms with Gasteiger partial charge in [0.1, 0.15) is 17.9 Å². The number of piperazine rings is 1. The molecule has 10 nitrogen and oxygen atoms in total. The van der Waals surface area contributed by atoms with Crippen LogP contribution in [0.5, 0.6) is 5.75 Å². The van der Waals surface area contributed by atoms with Crippen LogP contribution in [0.3, 0.4) is 0 Å². The van der Waals surface area contributed by atoms with Crippen molar-refractivity contribution in [2.24, 2.45) is 5.73 Å². The Morgan fingerprint density at radius 3 is 2.45 bits per heavy atom. The Balaban J connectivity index is 1.23. The zero-order valence-corrected chi connectivity index (χ0v) is 26.4. The first-order valence-corrected chi connectivity index (χ1v) is 17.5. The summed E-state index contributed by atoms with van der Waals surface area (Å²) in [5.74, 6) is 1.50. The van der Waals surface area contributed by atoms with Crippen molar-refractivity contribution >= 4 is 52.9 Å². The van der Waals surface area contributed by atoms with Crippen LogP contribution in [0.1, 0.15) is 12.8 Å². The van der Waals surface area contributed by atoms with Crippen LogP contribution in [0.2, 0.25) is 5.02 Å². The quantitative estimate of drug-likeness (QED) is 0.285. The minimum atomic E-state index is -2.51. The lowest BCUT2D eigenvalue weighted by molar-refractivity contribution is 0.0866. The number of nitrogens with two attached hydrogens (primary N) is 1. The molecule has 0 radical (unpaired) electrons. The zero-order valence-electron chi connectivity index (χ0n) is 24.7. The molecule has 3 heterocycles. The molecule has 0 spiro atoms. The first-order chi connectivity index (χ1) is 20.2. The average Bonchev–Trinajstić information content (AvgIpc) is 2.99. The standard InChI is InChI=1S/C30H42ClN8O2P/c1-41-27-20-23(38-13-10-22(11-14-38)39-18-16-37(15-12-32)17-19-39)8-9-25(27)35-30-33-21-24(31)29(36-30)34-26-6-4-5-7-28(26)42(2,3)40/h4-9,20-22H,10-19,32H2,1-3H3,(H2,33,34,35,36). The lowest BCUT2D eigenvalue weighted by atomic mass is 10.0. The van der Waals surface area contributed by atoms with E-state index in [0.717, 1.165) is 81.9 Å². The number of aromatic nitrogens is 2. The van der Waals surface area contributed by atoms with Crippen molar-refractivity contribution in [3.8, 4) is 5.75 Å². The van der Waals surface area contributed by atoms with E-state index in [1.807, 2.05) is 30.3 Å². The van der Waals surface area contributed by atoms with E-state index in [0.29, 0.717) is 34.3 Å². The molecule has 0 bridgehead atoms. The van der Waals surface area contributed by atoms with Crippen molar-refractivity contribution in [2.45, 2.75) is 18.9 Å². The highest BCUT2D eigenvalue weighted by molar-refractivity contribution is 7.70. The Kier molecular flexibility index (Phi) is 9.91. The Labute approximate surface area is 254 Å². The van der Waals surface area contributed by atoms with E-state index in [1.54, 1.807) is 26.6 Å². The number of hydrogen-bond donors (Lipinski definition) is 3. The zero-order chi connectivity index (χ0) is 29.7. The number of nitrogens with one attached hydrogen (secondary N) is 2. The number of para-hydroxylation sites is 1. The monoisotopic (exact) mass is 612 g/mol. The van der Waals surface area contributed by atoms with E-state index in [4.69, 9.17) is 22.1 Å². The van der Waals surface area contributed by atoms with Crippen LogP contribution < -0.4 is 31.3 Å². The second-order valence-electron chi connectivity index (χ2n) is 11.3. The third-order valence-corrected chi connectivity index (χ3v) is 9.94. The highest BCUT2D eigenvalue weighted by atomic mass is 35.5. The van der Waals surface area contributed by atoms with Gasteiger partial charge in [0.15, 0.2) is 5.82 Å². The minimum Gasteiger partial charge on any atom is -0.494 e. The van der Waals surface area contributed by atoms with E-state index in [2.05, 4.69) is 47.4 Å². The molecule has 4 N–H and O–H groups in total. The molecule has 0 unspecified atom stereocenters. The molecule has 2 aliphatic heterocycles. The van der Waals surface area contributed by atoms with Crippen LogP contribution in [0.4, 0.5) is 28.8 Å². The van der Waals surface area contributed by atoms with Gasteiger partial charge in [-0.05, 0) is 50.4 Å². The molecule has 2 saturated heterocycles. The number of rotatable bonds is 10. The molecule has 2 fully saturated rings. The summed E-state index contributed by atoms with van der Waals surface area (Å²) >= 11 is 6.44. The molecule has 0 amide bonds. The molecule has 0 saturated carbocycles. The van der Waals surface area contributed by atoms with Gasteiger partial charge in [-0.3, -0.25) is 9.80 Å². The predicted octanol–water partition coefficient (Wildman–Crippen LogP) is 4.42. The van der Waals surface area contributed by atoms with Gasteiger partial charge in [0.25, 0.3) is 0 Å². The molecule has 0 aliphatic carbocycles. The van der Waals surface area contributed by atoms with Crippen LogP contribution in [0, 0.1) is 0 Å². The van der Waals surface area contributed by atoms with Gasteiger partial charge < -0.3 is 30.6 Å². The van der Waals surface area contributed by atoms with Crippen LogP contribution in [0.25, 0.3) is 0 Å². The van der Waals surface area contributed by atoms with E-state index >= 15 is 0 Å². The molecule has 1 aromatic heterocycles. The number of methoxy groups -OCH3 is 1. The van der Waals surface area contributed by atoms with Crippen molar-refractivity contribution in [1.29, 1.82) is 0 Å². The molecule has 42 heavy (non-hydrogen) atoms. The normalized spacial score (nSPS) is 17.3. The number of anilines is 5. The number of halogens is 1. The van der Waals surface area contributed by atoms with Gasteiger partial charge in [-0.2, -0.15) is 4.98 Å². The van der Waals surface area contributed by atoms with Gasteiger partial charge in [0, 0.05) is 75.5 Å². The molecule has 2 aliphatic rings. The maximum atomic E-state index is 12.8. The minimum absolute atomic E-state index is 0.362. The van der Waals surface area contributed by atoms with Crippen molar-refractivity contribution in [2.75, 3.05) is 88.3 Å². The molecule has 0 atom stereocenters. The molecular formula is C30H42ClN8O2P. The summed E-state index contributed by atoms with van der Waals surface area (Å²) in [5.41, 5.74) is 8.34.